The minimum Gasteiger partial charge on any atom is -0.450 e. The smallest absolute Gasteiger partial charge is 0.404 e. The standard InChI is InChI=1S/C3H7NO2.Al.3H2O.3H/c1-2-6-3(4)5;;;;;;;/h2H2,1H3,(H2,4,5);;3*1H2;;;. The van der Waals surface area contributed by atoms with Crippen LogP contribution in [0.1, 0.15) is 6.92 Å². The van der Waals surface area contributed by atoms with Gasteiger partial charge in [-0.3, -0.25) is 0 Å². The third kappa shape index (κ3) is 47.7. The van der Waals surface area contributed by atoms with Gasteiger partial charge in [-0.2, -0.15) is 0 Å². The summed E-state index contributed by atoms with van der Waals surface area (Å²) in [6.45, 7) is 2.06. The lowest BCUT2D eigenvalue weighted by Crippen LogP contribution is -2.11. The molecule has 0 heterocycles. The van der Waals surface area contributed by atoms with Crippen LogP contribution in [0.5, 0.6) is 0 Å². The van der Waals surface area contributed by atoms with Crippen molar-refractivity contribution in [3.8, 4) is 0 Å². The fraction of sp³-hybridized carbons (Fsp3) is 0.667. The van der Waals surface area contributed by atoms with Crippen LogP contribution in [0.3, 0.4) is 0 Å². The average molecular weight is 173 g/mol. The molecule has 0 aromatic rings. The number of amides is 1. The summed E-state index contributed by atoms with van der Waals surface area (Å²) in [5.41, 5.74) is 4.54. The summed E-state index contributed by atoms with van der Waals surface area (Å²) in [7, 11) is 0. The highest BCUT2D eigenvalue weighted by Gasteiger charge is 1.82. The molecule has 0 saturated carbocycles. The molecular formula is C3H16AlNO5. The number of nitrogens with two attached hydrogens (primary N) is 1. The quantitative estimate of drug-likeness (QED) is 0.409. The number of primary amides is 1. The van der Waals surface area contributed by atoms with Crippen molar-refractivity contribution in [2.45, 2.75) is 6.92 Å². The third-order valence-corrected chi connectivity index (χ3v) is 0.287. The molecule has 0 rings (SSSR count). The van der Waals surface area contributed by atoms with E-state index in [2.05, 4.69) is 10.5 Å². The summed E-state index contributed by atoms with van der Waals surface area (Å²) in [5, 5.41) is 0. The Hall–Kier alpha value is -0.318. The van der Waals surface area contributed by atoms with Crippen LogP contribution in [0, 0.1) is 0 Å². The lowest BCUT2D eigenvalue weighted by Gasteiger charge is -1.89. The maximum atomic E-state index is 9.60. The molecule has 0 aliphatic carbocycles. The largest absolute Gasteiger partial charge is 0.450 e. The van der Waals surface area contributed by atoms with Crippen LogP contribution < -0.4 is 5.73 Å². The van der Waals surface area contributed by atoms with Gasteiger partial charge < -0.3 is 26.9 Å². The van der Waals surface area contributed by atoms with Crippen molar-refractivity contribution in [2.75, 3.05) is 6.61 Å². The molecule has 0 radical (unpaired) electrons. The Labute approximate surface area is 69.4 Å². The van der Waals surface area contributed by atoms with E-state index in [4.69, 9.17) is 0 Å². The normalized spacial score (nSPS) is 4.50. The number of hydrogen-bond acceptors (Lipinski definition) is 2. The van der Waals surface area contributed by atoms with Crippen molar-refractivity contribution in [3.63, 3.8) is 0 Å². The van der Waals surface area contributed by atoms with Gasteiger partial charge in [0.05, 0.1) is 6.61 Å². The highest BCUT2D eigenvalue weighted by molar-refractivity contribution is 5.75. The molecule has 0 fully saturated rings. The predicted molar refractivity (Wildman–Crippen MR) is 42.0 cm³/mol. The molecule has 6 nitrogen and oxygen atoms in total. The van der Waals surface area contributed by atoms with Crippen LogP contribution in [-0.4, -0.2) is 46.5 Å². The van der Waals surface area contributed by atoms with E-state index in [-0.39, 0.29) is 33.8 Å². The highest BCUT2D eigenvalue weighted by atomic mass is 27.0. The second-order valence-electron chi connectivity index (χ2n) is 0.752. The Morgan fingerprint density at radius 2 is 1.70 bits per heavy atom. The van der Waals surface area contributed by atoms with E-state index >= 15 is 0 Å². The topological polar surface area (TPSA) is 147 Å². The molecule has 7 heteroatoms. The van der Waals surface area contributed by atoms with E-state index in [9.17, 15) is 4.79 Å². The molecule has 0 unspecified atom stereocenters. The lowest BCUT2D eigenvalue weighted by molar-refractivity contribution is 0.163. The third-order valence-electron chi connectivity index (χ3n) is 0.287. The summed E-state index contributed by atoms with van der Waals surface area (Å²) in [4.78, 5) is 9.60. The summed E-state index contributed by atoms with van der Waals surface area (Å²) in [6, 6.07) is 0. The first-order valence-corrected chi connectivity index (χ1v) is 1.69. The molecule has 0 aromatic carbocycles. The molecule has 10 heavy (non-hydrogen) atoms. The summed E-state index contributed by atoms with van der Waals surface area (Å²) in [5.74, 6) is 0. The second-order valence-corrected chi connectivity index (χ2v) is 0.752. The van der Waals surface area contributed by atoms with Gasteiger partial charge in [0.15, 0.2) is 17.4 Å². The molecule has 0 aliphatic heterocycles. The molecule has 0 aromatic heterocycles. The van der Waals surface area contributed by atoms with Gasteiger partial charge in [0.1, 0.15) is 0 Å². The molecule has 66 valence electrons. The van der Waals surface area contributed by atoms with Crippen molar-refractivity contribution < 1.29 is 26.0 Å². The fourth-order valence-electron chi connectivity index (χ4n) is 0.142. The maximum Gasteiger partial charge on any atom is 0.404 e. The first-order valence-electron chi connectivity index (χ1n) is 1.69. The molecule has 1 amide bonds. The maximum absolute atomic E-state index is 9.60. The Morgan fingerprint density at radius 1 is 1.40 bits per heavy atom. The minimum atomic E-state index is -0.711. The minimum absolute atomic E-state index is 0. The van der Waals surface area contributed by atoms with Crippen molar-refractivity contribution >= 4 is 23.5 Å². The van der Waals surface area contributed by atoms with E-state index in [1.807, 2.05) is 0 Å². The van der Waals surface area contributed by atoms with Crippen molar-refractivity contribution in [1.29, 1.82) is 0 Å². The van der Waals surface area contributed by atoms with E-state index < -0.39 is 6.09 Å². The monoisotopic (exact) mass is 173 g/mol. The Morgan fingerprint density at radius 3 is 1.70 bits per heavy atom. The Bertz CT molecular complexity index is 60.9. The van der Waals surface area contributed by atoms with Gasteiger partial charge in [-0.05, 0) is 6.92 Å². The zero-order valence-corrected chi connectivity index (χ0v) is 5.10. The molecular weight excluding hydrogens is 157 g/mol. The lowest BCUT2D eigenvalue weighted by atomic mass is 10.9. The zero-order valence-electron chi connectivity index (χ0n) is 5.10. The Kier molecular flexibility index (Phi) is 77.8. The van der Waals surface area contributed by atoms with Gasteiger partial charge in [0, 0.05) is 0 Å². The van der Waals surface area contributed by atoms with Crippen LogP contribution in [0.15, 0.2) is 0 Å². The average Bonchev–Trinajstić information content (AvgIpc) is 1.35. The highest BCUT2D eigenvalue weighted by Crippen LogP contribution is 1.66. The van der Waals surface area contributed by atoms with Crippen LogP contribution in [-0.2, 0) is 4.74 Å². The zero-order chi connectivity index (χ0) is 4.99. The molecule has 0 atom stereocenters. The van der Waals surface area contributed by atoms with Crippen molar-refractivity contribution in [2.24, 2.45) is 5.73 Å². The second kappa shape index (κ2) is 23.4. The van der Waals surface area contributed by atoms with Crippen LogP contribution in [0.2, 0.25) is 0 Å². The predicted octanol–water partition coefficient (Wildman–Crippen LogP) is -3.56. The SMILES string of the molecule is CCOC(N)=O.O.O.O.[AlH3]. The number of hydrogen-bond donors (Lipinski definition) is 1. The molecule has 0 bridgehead atoms. The molecule has 0 aliphatic rings. The van der Waals surface area contributed by atoms with Gasteiger partial charge >= 0.3 is 6.09 Å². The molecule has 0 saturated heterocycles. The van der Waals surface area contributed by atoms with Gasteiger partial charge in [-0.25, -0.2) is 4.79 Å². The summed E-state index contributed by atoms with van der Waals surface area (Å²) < 4.78 is 4.18. The summed E-state index contributed by atoms with van der Waals surface area (Å²) >= 11 is 0. The van der Waals surface area contributed by atoms with E-state index in [1.165, 1.54) is 0 Å². The van der Waals surface area contributed by atoms with Crippen molar-refractivity contribution in [1.82, 2.24) is 0 Å². The van der Waals surface area contributed by atoms with Crippen LogP contribution >= 0.6 is 0 Å². The van der Waals surface area contributed by atoms with Gasteiger partial charge in [-0.1, -0.05) is 0 Å². The van der Waals surface area contributed by atoms with Crippen molar-refractivity contribution in [3.05, 3.63) is 0 Å². The first-order chi connectivity index (χ1) is 2.77. The molecule has 8 N–H and O–H groups in total. The Balaban J connectivity index is -0.0000000208. The number of carbonyl (C=O) groups excluding carboxylic acids is 1. The fourth-order valence-corrected chi connectivity index (χ4v) is 0.142. The molecule has 0 spiro atoms. The number of carbonyl (C=O) groups is 1. The van der Waals surface area contributed by atoms with Gasteiger partial charge in [0.25, 0.3) is 0 Å². The number of rotatable bonds is 1. The van der Waals surface area contributed by atoms with E-state index in [0.29, 0.717) is 6.61 Å². The number of ether oxygens (including phenoxy) is 1. The summed E-state index contributed by atoms with van der Waals surface area (Å²) in [6.07, 6.45) is -0.711. The van der Waals surface area contributed by atoms with Crippen LogP contribution in [0.25, 0.3) is 0 Å². The van der Waals surface area contributed by atoms with E-state index in [0.717, 1.165) is 0 Å². The first kappa shape index (κ1) is 33.3. The van der Waals surface area contributed by atoms with E-state index in [1.54, 1.807) is 6.92 Å². The van der Waals surface area contributed by atoms with Gasteiger partial charge in [-0.15, -0.1) is 0 Å². The van der Waals surface area contributed by atoms with Gasteiger partial charge in [0.2, 0.25) is 0 Å². The van der Waals surface area contributed by atoms with Crippen LogP contribution in [0.4, 0.5) is 4.79 Å².